The molecule has 2 amide bonds. The van der Waals surface area contributed by atoms with Crippen molar-refractivity contribution >= 4 is 22.7 Å². The van der Waals surface area contributed by atoms with Gasteiger partial charge in [-0.05, 0) is 34.2 Å². The van der Waals surface area contributed by atoms with Crippen LogP contribution >= 0.6 is 0 Å². The number of hydrogen-bond donors (Lipinski definition) is 2. The Balaban J connectivity index is 1.40. The van der Waals surface area contributed by atoms with Crippen molar-refractivity contribution in [1.82, 2.24) is 14.8 Å². The minimum atomic E-state index is -0.851. The third kappa shape index (κ3) is 4.02. The van der Waals surface area contributed by atoms with Crippen molar-refractivity contribution in [2.45, 2.75) is 44.4 Å². The first-order chi connectivity index (χ1) is 17.9. The second kappa shape index (κ2) is 9.20. The van der Waals surface area contributed by atoms with Gasteiger partial charge in [0.25, 0.3) is 0 Å². The summed E-state index contributed by atoms with van der Waals surface area (Å²) in [5, 5.41) is 11.9. The predicted octanol–water partition coefficient (Wildman–Crippen LogP) is 4.71. The van der Waals surface area contributed by atoms with E-state index in [9.17, 15) is 14.7 Å². The highest BCUT2D eigenvalue weighted by Crippen LogP contribution is 2.42. The zero-order valence-corrected chi connectivity index (χ0v) is 21.1. The fourth-order valence-corrected chi connectivity index (χ4v) is 5.88. The first kappa shape index (κ1) is 23.5. The number of rotatable bonds is 5. The number of H-pyrrole nitrogens is 1. The number of nitrogens with zero attached hydrogens (tertiary/aromatic N) is 2. The Morgan fingerprint density at radius 3 is 2.35 bits per heavy atom. The Bertz CT molecular complexity index is 1460. The number of piperazine rings is 1. The summed E-state index contributed by atoms with van der Waals surface area (Å²) in [7, 11) is 0. The van der Waals surface area contributed by atoms with Crippen LogP contribution in [-0.2, 0) is 16.0 Å². The molecule has 6 nitrogen and oxygen atoms in total. The number of hydrogen-bond acceptors (Lipinski definition) is 3. The molecule has 2 aliphatic rings. The Morgan fingerprint density at radius 2 is 1.62 bits per heavy atom. The van der Waals surface area contributed by atoms with E-state index in [0.717, 1.165) is 33.3 Å². The van der Waals surface area contributed by atoms with Gasteiger partial charge in [-0.15, -0.1) is 0 Å². The van der Waals surface area contributed by atoms with E-state index in [1.165, 1.54) is 10.5 Å². The summed E-state index contributed by atoms with van der Waals surface area (Å²) in [5.41, 5.74) is 6.02. The number of carbonyl (C=O) groups is 2. The quantitative estimate of drug-likeness (QED) is 0.423. The largest absolute Gasteiger partial charge is 0.387 e. The van der Waals surface area contributed by atoms with Gasteiger partial charge in [0.1, 0.15) is 6.04 Å². The zero-order valence-electron chi connectivity index (χ0n) is 21.1. The lowest BCUT2D eigenvalue weighted by molar-refractivity contribution is -0.159. The van der Waals surface area contributed by atoms with Gasteiger partial charge in [-0.2, -0.15) is 0 Å². The summed E-state index contributed by atoms with van der Waals surface area (Å²) < 4.78 is 0. The van der Waals surface area contributed by atoms with Gasteiger partial charge < -0.3 is 19.9 Å². The smallest absolute Gasteiger partial charge is 0.246 e. The average molecular weight is 494 g/mol. The topological polar surface area (TPSA) is 76.6 Å². The normalized spacial score (nSPS) is 20.3. The monoisotopic (exact) mass is 493 g/mol. The molecular weight excluding hydrogens is 462 g/mol. The van der Waals surface area contributed by atoms with Gasteiger partial charge in [0, 0.05) is 23.0 Å². The van der Waals surface area contributed by atoms with Crippen LogP contribution in [0.2, 0.25) is 0 Å². The van der Waals surface area contributed by atoms with Gasteiger partial charge in [0.15, 0.2) is 0 Å². The van der Waals surface area contributed by atoms with Gasteiger partial charge in [0.2, 0.25) is 11.8 Å². The summed E-state index contributed by atoms with van der Waals surface area (Å²) in [6.07, 6.45) is -0.404. The Labute approximate surface area is 216 Å². The van der Waals surface area contributed by atoms with Crippen LogP contribution in [-0.4, -0.2) is 50.8 Å². The third-order valence-corrected chi connectivity index (χ3v) is 7.84. The number of aromatic nitrogens is 1. The number of aromatic amines is 1. The van der Waals surface area contributed by atoms with E-state index in [4.69, 9.17) is 0 Å². The number of para-hydroxylation sites is 1. The minimum Gasteiger partial charge on any atom is -0.387 e. The van der Waals surface area contributed by atoms with Gasteiger partial charge >= 0.3 is 0 Å². The molecule has 0 radical (unpaired) electrons. The molecule has 3 aromatic carbocycles. The third-order valence-electron chi connectivity index (χ3n) is 7.84. The first-order valence-electron chi connectivity index (χ1n) is 12.9. The van der Waals surface area contributed by atoms with Crippen molar-refractivity contribution in [3.05, 3.63) is 107 Å². The highest BCUT2D eigenvalue weighted by atomic mass is 16.3. The SMILES string of the molecule is CC(C)c1ccc(C2c3[nH]c4ccccc4c3C[C@H]3C(=O)N(CC(O)c4ccccc4)CC(=O)N23)cc1. The van der Waals surface area contributed by atoms with E-state index in [1.807, 2.05) is 48.5 Å². The molecule has 3 atom stereocenters. The molecule has 0 saturated carbocycles. The van der Waals surface area contributed by atoms with E-state index < -0.39 is 12.1 Å². The number of nitrogens with one attached hydrogen (secondary N) is 1. The molecule has 1 aromatic heterocycles. The summed E-state index contributed by atoms with van der Waals surface area (Å²) in [6, 6.07) is 24.8. The highest BCUT2D eigenvalue weighted by molar-refractivity contribution is 5.97. The number of fused-ring (bicyclic) bond motifs is 4. The van der Waals surface area contributed by atoms with Crippen molar-refractivity contribution in [3.63, 3.8) is 0 Å². The average Bonchev–Trinajstić information content (AvgIpc) is 3.29. The van der Waals surface area contributed by atoms with Crippen molar-refractivity contribution in [3.8, 4) is 0 Å². The molecule has 0 aliphatic carbocycles. The van der Waals surface area contributed by atoms with Crippen molar-refractivity contribution < 1.29 is 14.7 Å². The molecule has 37 heavy (non-hydrogen) atoms. The van der Waals surface area contributed by atoms with Crippen LogP contribution < -0.4 is 0 Å². The van der Waals surface area contributed by atoms with E-state index >= 15 is 0 Å². The summed E-state index contributed by atoms with van der Waals surface area (Å²) in [6.45, 7) is 4.36. The van der Waals surface area contributed by atoms with Gasteiger partial charge in [-0.3, -0.25) is 9.59 Å². The minimum absolute atomic E-state index is 0.0463. The molecule has 2 aliphatic heterocycles. The van der Waals surface area contributed by atoms with Crippen molar-refractivity contribution in [2.75, 3.05) is 13.1 Å². The number of benzene rings is 3. The van der Waals surface area contributed by atoms with Crippen molar-refractivity contribution in [2.24, 2.45) is 0 Å². The molecule has 0 spiro atoms. The number of aliphatic hydroxyl groups excluding tert-OH is 1. The molecule has 188 valence electrons. The van der Waals surface area contributed by atoms with Crippen LogP contribution in [0.5, 0.6) is 0 Å². The molecule has 4 aromatic rings. The molecule has 1 fully saturated rings. The Kier molecular flexibility index (Phi) is 5.84. The van der Waals surface area contributed by atoms with Crippen LogP contribution in [0, 0.1) is 0 Å². The Morgan fingerprint density at radius 1 is 0.919 bits per heavy atom. The maximum Gasteiger partial charge on any atom is 0.246 e. The first-order valence-corrected chi connectivity index (χ1v) is 12.9. The fourth-order valence-electron chi connectivity index (χ4n) is 5.88. The van der Waals surface area contributed by atoms with E-state index in [-0.39, 0.29) is 30.9 Å². The standard InChI is InChI=1S/C31H31N3O3/c1-19(2)20-12-14-22(15-13-20)30-29-24(23-10-6-7-11-25(23)32-29)16-26-31(37)33(18-28(36)34(26)30)17-27(35)21-8-4-3-5-9-21/h3-15,19,26-27,30,32,35H,16-18H2,1-2H3/t26-,27?,30?/m0/s1. The maximum absolute atomic E-state index is 13.9. The lowest BCUT2D eigenvalue weighted by Gasteiger charge is -2.47. The maximum atomic E-state index is 13.9. The lowest BCUT2D eigenvalue weighted by Crippen LogP contribution is -2.63. The highest BCUT2D eigenvalue weighted by Gasteiger charge is 2.48. The van der Waals surface area contributed by atoms with Gasteiger partial charge in [0.05, 0.1) is 25.2 Å². The number of aliphatic hydroxyl groups is 1. The molecule has 3 heterocycles. The van der Waals surface area contributed by atoms with Crippen LogP contribution in [0.4, 0.5) is 0 Å². The van der Waals surface area contributed by atoms with Crippen LogP contribution in [0.25, 0.3) is 10.9 Å². The molecule has 2 unspecified atom stereocenters. The second-order valence-corrected chi connectivity index (χ2v) is 10.5. The van der Waals surface area contributed by atoms with Gasteiger partial charge in [-0.25, -0.2) is 0 Å². The molecule has 6 heteroatoms. The fraction of sp³-hybridized carbons (Fsp3) is 0.290. The molecule has 1 saturated heterocycles. The van der Waals surface area contributed by atoms with Crippen LogP contribution in [0.15, 0.2) is 78.9 Å². The lowest BCUT2D eigenvalue weighted by atomic mass is 9.85. The number of amides is 2. The number of β-amino-alcohol motifs (C(OH)–C–C–N with tert-alkyl or cyclic N) is 1. The molecule has 0 bridgehead atoms. The van der Waals surface area contributed by atoms with E-state index in [2.05, 4.69) is 49.2 Å². The number of carbonyl (C=O) groups excluding carboxylic acids is 2. The second-order valence-electron chi connectivity index (χ2n) is 10.5. The predicted molar refractivity (Wildman–Crippen MR) is 143 cm³/mol. The summed E-state index contributed by atoms with van der Waals surface area (Å²) in [4.78, 5) is 34.5. The molecular formula is C31H31N3O3. The zero-order chi connectivity index (χ0) is 25.7. The molecule has 2 N–H and O–H groups in total. The van der Waals surface area contributed by atoms with E-state index in [0.29, 0.717) is 12.3 Å². The Hall–Kier alpha value is -3.90. The van der Waals surface area contributed by atoms with Crippen LogP contribution in [0.3, 0.4) is 0 Å². The summed E-state index contributed by atoms with van der Waals surface area (Å²) in [5.74, 6) is 0.181. The van der Waals surface area contributed by atoms with Crippen molar-refractivity contribution in [1.29, 1.82) is 0 Å². The van der Waals surface area contributed by atoms with Gasteiger partial charge in [-0.1, -0.05) is 86.6 Å². The van der Waals surface area contributed by atoms with Crippen LogP contribution in [0.1, 0.15) is 59.9 Å². The van der Waals surface area contributed by atoms with E-state index in [1.54, 1.807) is 4.90 Å². The molecule has 6 rings (SSSR count). The summed E-state index contributed by atoms with van der Waals surface area (Å²) >= 11 is 0.